The molecule has 3 aromatic rings. The van der Waals surface area contributed by atoms with Crippen molar-refractivity contribution >= 4 is 28.8 Å². The summed E-state index contributed by atoms with van der Waals surface area (Å²) in [5.41, 5.74) is 1.74. The quantitative estimate of drug-likeness (QED) is 0.711. The lowest BCUT2D eigenvalue weighted by molar-refractivity contribution is -0.120. The Kier molecular flexibility index (Phi) is 5.25. The second-order valence-corrected chi connectivity index (χ2v) is 6.54. The van der Waals surface area contributed by atoms with Gasteiger partial charge in [0.25, 0.3) is 5.91 Å². The number of nitrogens with zero attached hydrogens (tertiary/aromatic N) is 1. The van der Waals surface area contributed by atoms with Gasteiger partial charge >= 0.3 is 0 Å². The smallest absolute Gasteiger partial charge is 0.277 e. The van der Waals surface area contributed by atoms with E-state index in [1.165, 1.54) is 0 Å². The van der Waals surface area contributed by atoms with E-state index in [1.807, 2.05) is 29.6 Å². The first kappa shape index (κ1) is 16.9. The van der Waals surface area contributed by atoms with Crippen LogP contribution in [0.1, 0.15) is 26.7 Å². The van der Waals surface area contributed by atoms with Gasteiger partial charge in [-0.2, -0.15) is 0 Å². The van der Waals surface area contributed by atoms with Crippen molar-refractivity contribution in [2.45, 2.75) is 19.9 Å². The van der Waals surface area contributed by atoms with Gasteiger partial charge in [0.15, 0.2) is 5.69 Å². The Hall–Kier alpha value is -2.93. The summed E-state index contributed by atoms with van der Waals surface area (Å²) in [5, 5.41) is 11.3. The molecule has 2 heterocycles. The highest BCUT2D eigenvalue weighted by Gasteiger charge is 2.11. The zero-order valence-corrected chi connectivity index (χ0v) is 14.4. The number of hydrogen-bond donors (Lipinski definition) is 2. The lowest BCUT2D eigenvalue weighted by Gasteiger charge is -2.06. The second-order valence-electron chi connectivity index (χ2n) is 5.51. The van der Waals surface area contributed by atoms with Gasteiger partial charge in [0, 0.05) is 16.6 Å². The summed E-state index contributed by atoms with van der Waals surface area (Å²) in [4.78, 5) is 25.1. The maximum absolute atomic E-state index is 12.0. The van der Waals surface area contributed by atoms with Crippen LogP contribution in [-0.2, 0) is 17.8 Å². The van der Waals surface area contributed by atoms with E-state index in [4.69, 9.17) is 4.52 Å². The van der Waals surface area contributed by atoms with Crippen LogP contribution in [0.15, 0.2) is 52.4 Å². The Morgan fingerprint density at radius 2 is 2.00 bits per heavy atom. The van der Waals surface area contributed by atoms with E-state index in [1.54, 1.807) is 36.5 Å². The number of thiophene rings is 1. The summed E-state index contributed by atoms with van der Waals surface area (Å²) in [7, 11) is 0. The maximum atomic E-state index is 12.0. The van der Waals surface area contributed by atoms with E-state index < -0.39 is 0 Å². The van der Waals surface area contributed by atoms with Gasteiger partial charge in [0.05, 0.1) is 13.0 Å². The SMILES string of the molecule is Cc1cc(C(=O)Nc2ccc(CC(=O)NCc3cccs3)cc2)no1. The molecule has 0 fully saturated rings. The molecule has 7 heteroatoms. The minimum atomic E-state index is -0.335. The summed E-state index contributed by atoms with van der Waals surface area (Å²) in [6.07, 6.45) is 0.294. The normalized spacial score (nSPS) is 10.4. The fourth-order valence-corrected chi connectivity index (χ4v) is 2.87. The minimum Gasteiger partial charge on any atom is -0.361 e. The predicted octanol–water partition coefficient (Wildman–Crippen LogP) is 3.16. The molecule has 6 nitrogen and oxygen atoms in total. The molecule has 2 aromatic heterocycles. The fourth-order valence-electron chi connectivity index (χ4n) is 2.22. The van der Waals surface area contributed by atoms with E-state index in [-0.39, 0.29) is 17.5 Å². The van der Waals surface area contributed by atoms with Gasteiger partial charge in [0.2, 0.25) is 5.91 Å². The highest BCUT2D eigenvalue weighted by atomic mass is 32.1. The highest BCUT2D eigenvalue weighted by molar-refractivity contribution is 7.09. The van der Waals surface area contributed by atoms with Crippen molar-refractivity contribution < 1.29 is 14.1 Å². The molecule has 0 radical (unpaired) electrons. The molecule has 3 rings (SSSR count). The van der Waals surface area contributed by atoms with E-state index in [2.05, 4.69) is 15.8 Å². The van der Waals surface area contributed by atoms with Gasteiger partial charge < -0.3 is 15.2 Å². The molecular formula is C18H17N3O3S. The minimum absolute atomic E-state index is 0.0387. The molecule has 0 saturated heterocycles. The zero-order valence-electron chi connectivity index (χ0n) is 13.6. The molecule has 2 amide bonds. The molecule has 0 atom stereocenters. The molecule has 0 unspecified atom stereocenters. The highest BCUT2D eigenvalue weighted by Crippen LogP contribution is 2.13. The predicted molar refractivity (Wildman–Crippen MR) is 95.5 cm³/mol. The Morgan fingerprint density at radius 1 is 1.20 bits per heavy atom. The second kappa shape index (κ2) is 7.76. The van der Waals surface area contributed by atoms with Crippen LogP contribution < -0.4 is 10.6 Å². The molecule has 128 valence electrons. The van der Waals surface area contributed by atoms with Crippen LogP contribution in [0.5, 0.6) is 0 Å². The third-order valence-corrected chi connectivity index (χ3v) is 4.35. The molecule has 0 bridgehead atoms. The topological polar surface area (TPSA) is 84.2 Å². The van der Waals surface area contributed by atoms with Crippen molar-refractivity contribution in [3.05, 3.63) is 69.7 Å². The largest absolute Gasteiger partial charge is 0.361 e. The van der Waals surface area contributed by atoms with Crippen LogP contribution in [0, 0.1) is 6.92 Å². The molecule has 0 aliphatic rings. The summed E-state index contributed by atoms with van der Waals surface area (Å²) in [6.45, 7) is 2.27. The number of aryl methyl sites for hydroxylation is 1. The number of carbonyl (C=O) groups excluding carboxylic acids is 2. The van der Waals surface area contributed by atoms with Crippen molar-refractivity contribution in [3.63, 3.8) is 0 Å². The van der Waals surface area contributed by atoms with Crippen LogP contribution in [0.4, 0.5) is 5.69 Å². The van der Waals surface area contributed by atoms with Crippen LogP contribution in [0.25, 0.3) is 0 Å². The van der Waals surface area contributed by atoms with Gasteiger partial charge in [-0.3, -0.25) is 9.59 Å². The number of anilines is 1. The molecule has 25 heavy (non-hydrogen) atoms. The molecule has 2 N–H and O–H groups in total. The van der Waals surface area contributed by atoms with Crippen LogP contribution in [0.2, 0.25) is 0 Å². The van der Waals surface area contributed by atoms with E-state index >= 15 is 0 Å². The van der Waals surface area contributed by atoms with E-state index in [0.717, 1.165) is 10.4 Å². The Morgan fingerprint density at radius 3 is 2.64 bits per heavy atom. The van der Waals surface area contributed by atoms with Gasteiger partial charge in [-0.1, -0.05) is 23.4 Å². The molecule has 1 aromatic carbocycles. The third kappa shape index (κ3) is 4.77. The van der Waals surface area contributed by atoms with Gasteiger partial charge in [0.1, 0.15) is 5.76 Å². The van der Waals surface area contributed by atoms with Gasteiger partial charge in [-0.25, -0.2) is 0 Å². The maximum Gasteiger partial charge on any atom is 0.277 e. The number of amides is 2. The lowest BCUT2D eigenvalue weighted by Crippen LogP contribution is -2.24. The summed E-state index contributed by atoms with van der Waals surface area (Å²) in [5.74, 6) is 0.204. The van der Waals surface area contributed by atoms with Crippen molar-refractivity contribution in [2.24, 2.45) is 0 Å². The molecule has 0 aliphatic heterocycles. The zero-order chi connectivity index (χ0) is 17.6. The Labute approximate surface area is 148 Å². The summed E-state index contributed by atoms with van der Waals surface area (Å²) in [6, 6.07) is 12.7. The number of hydrogen-bond acceptors (Lipinski definition) is 5. The van der Waals surface area contributed by atoms with Gasteiger partial charge in [-0.05, 0) is 36.1 Å². The van der Waals surface area contributed by atoms with E-state index in [9.17, 15) is 9.59 Å². The first-order valence-electron chi connectivity index (χ1n) is 7.73. The Balaban J connectivity index is 1.51. The summed E-state index contributed by atoms with van der Waals surface area (Å²) >= 11 is 1.61. The third-order valence-electron chi connectivity index (χ3n) is 3.48. The Bertz CT molecular complexity index is 854. The van der Waals surface area contributed by atoms with Crippen molar-refractivity contribution in [2.75, 3.05) is 5.32 Å². The van der Waals surface area contributed by atoms with Crippen molar-refractivity contribution in [1.29, 1.82) is 0 Å². The first-order valence-corrected chi connectivity index (χ1v) is 8.61. The molecule has 0 saturated carbocycles. The lowest BCUT2D eigenvalue weighted by atomic mass is 10.1. The van der Waals surface area contributed by atoms with Crippen molar-refractivity contribution in [1.82, 2.24) is 10.5 Å². The average Bonchev–Trinajstić information content (AvgIpc) is 3.26. The van der Waals surface area contributed by atoms with Crippen LogP contribution in [-0.4, -0.2) is 17.0 Å². The van der Waals surface area contributed by atoms with E-state index in [0.29, 0.717) is 24.4 Å². The fraction of sp³-hybridized carbons (Fsp3) is 0.167. The molecule has 0 spiro atoms. The first-order chi connectivity index (χ1) is 12.1. The number of benzene rings is 1. The molecule has 0 aliphatic carbocycles. The number of nitrogens with one attached hydrogen (secondary N) is 2. The average molecular weight is 355 g/mol. The summed E-state index contributed by atoms with van der Waals surface area (Å²) < 4.78 is 4.88. The molecular weight excluding hydrogens is 338 g/mol. The van der Waals surface area contributed by atoms with Crippen LogP contribution >= 0.6 is 11.3 Å². The number of rotatable bonds is 6. The standard InChI is InChI=1S/C18H17N3O3S/c1-12-9-16(21-24-12)18(23)20-14-6-4-13(5-7-14)10-17(22)19-11-15-3-2-8-25-15/h2-9H,10-11H2,1H3,(H,19,22)(H,20,23). The monoisotopic (exact) mass is 355 g/mol. The van der Waals surface area contributed by atoms with Crippen LogP contribution in [0.3, 0.4) is 0 Å². The van der Waals surface area contributed by atoms with Gasteiger partial charge in [-0.15, -0.1) is 11.3 Å². The number of aromatic nitrogens is 1. The number of carbonyl (C=O) groups is 2. The van der Waals surface area contributed by atoms with Crippen molar-refractivity contribution in [3.8, 4) is 0 Å².